The fraction of sp³-hybridized carbons (Fsp3) is 0.381. The van der Waals surface area contributed by atoms with Gasteiger partial charge in [0.05, 0.1) is 4.90 Å². The van der Waals surface area contributed by atoms with Crippen molar-refractivity contribution in [3.05, 3.63) is 58.1 Å². The van der Waals surface area contributed by atoms with Gasteiger partial charge in [0.2, 0.25) is 0 Å². The Balaban J connectivity index is 1.62. The van der Waals surface area contributed by atoms with E-state index >= 15 is 0 Å². The molecule has 6 heteroatoms. The monoisotopic (exact) mass is 383 g/mol. The standard InChI is InChI=1S/C21H25N3O2S/c1-14-9-11-17(12-10-14)27(26,22-2)24-21(25)23-20-18-7-3-5-15(18)13-16-6-4-8-19(16)20/h9-13H,3-8H2,1-2H3,(H2,22,23,24,25,26). The highest BCUT2D eigenvalue weighted by Crippen LogP contribution is 2.38. The van der Waals surface area contributed by atoms with Crippen LogP contribution in [-0.4, -0.2) is 17.3 Å². The molecule has 2 aliphatic rings. The lowest BCUT2D eigenvalue weighted by Gasteiger charge is -2.18. The van der Waals surface area contributed by atoms with Crippen molar-refractivity contribution < 1.29 is 9.00 Å². The molecule has 0 saturated heterocycles. The third-order valence-electron chi connectivity index (χ3n) is 5.54. The Morgan fingerprint density at radius 2 is 1.59 bits per heavy atom. The van der Waals surface area contributed by atoms with E-state index in [2.05, 4.69) is 20.5 Å². The van der Waals surface area contributed by atoms with Gasteiger partial charge in [-0.25, -0.2) is 18.1 Å². The number of nitrogens with one attached hydrogen (secondary N) is 2. The van der Waals surface area contributed by atoms with Gasteiger partial charge in [-0.15, -0.1) is 0 Å². The van der Waals surface area contributed by atoms with Crippen LogP contribution in [0.1, 0.15) is 40.7 Å². The van der Waals surface area contributed by atoms with Gasteiger partial charge in [-0.3, -0.25) is 0 Å². The number of urea groups is 1. The molecule has 0 saturated carbocycles. The maximum Gasteiger partial charge on any atom is 0.331 e. The van der Waals surface area contributed by atoms with Gasteiger partial charge in [0.1, 0.15) is 0 Å². The van der Waals surface area contributed by atoms with E-state index in [0.717, 1.165) is 49.8 Å². The Morgan fingerprint density at radius 1 is 1.00 bits per heavy atom. The van der Waals surface area contributed by atoms with Crippen molar-refractivity contribution in [2.24, 2.45) is 4.36 Å². The summed E-state index contributed by atoms with van der Waals surface area (Å²) in [6, 6.07) is 9.12. The van der Waals surface area contributed by atoms with Crippen LogP contribution in [0.3, 0.4) is 0 Å². The number of nitrogens with zero attached hydrogens (tertiary/aromatic N) is 1. The lowest BCUT2D eigenvalue weighted by atomic mass is 9.99. The van der Waals surface area contributed by atoms with Crippen LogP contribution in [0.5, 0.6) is 0 Å². The number of anilines is 1. The molecule has 0 spiro atoms. The number of fused-ring (bicyclic) bond motifs is 2. The predicted octanol–water partition coefficient (Wildman–Crippen LogP) is 4.17. The molecule has 2 N–H and O–H groups in total. The number of aryl methyl sites for hydroxylation is 3. The van der Waals surface area contributed by atoms with Gasteiger partial charge < -0.3 is 5.32 Å². The molecule has 5 nitrogen and oxygen atoms in total. The van der Waals surface area contributed by atoms with Crippen LogP contribution in [0.25, 0.3) is 0 Å². The number of carbonyl (C=O) groups excluding carboxylic acids is 1. The van der Waals surface area contributed by atoms with E-state index in [1.54, 1.807) is 12.1 Å². The van der Waals surface area contributed by atoms with Crippen LogP contribution >= 0.6 is 0 Å². The molecular weight excluding hydrogens is 358 g/mol. The minimum Gasteiger partial charge on any atom is -0.307 e. The van der Waals surface area contributed by atoms with E-state index in [0.29, 0.717) is 4.90 Å². The number of benzene rings is 2. The summed E-state index contributed by atoms with van der Waals surface area (Å²) in [5.74, 6) is 0. The quantitative estimate of drug-likeness (QED) is 0.835. The molecule has 0 aromatic heterocycles. The number of carbonyl (C=O) groups is 1. The molecule has 2 aromatic carbocycles. The molecule has 0 heterocycles. The largest absolute Gasteiger partial charge is 0.331 e. The SMILES string of the molecule is CN=S(=O)(NC(=O)Nc1c2c(cc3c1CCC3)CCC2)c1ccc(C)cc1. The summed E-state index contributed by atoms with van der Waals surface area (Å²) in [6.45, 7) is 1.96. The van der Waals surface area contributed by atoms with Crippen LogP contribution in [0, 0.1) is 6.92 Å². The van der Waals surface area contributed by atoms with Crippen LogP contribution in [0.2, 0.25) is 0 Å². The second-order valence-electron chi connectivity index (χ2n) is 7.31. The first kappa shape index (κ1) is 18.0. The normalized spacial score (nSPS) is 17.0. The summed E-state index contributed by atoms with van der Waals surface area (Å²) in [4.78, 5) is 13.3. The highest BCUT2D eigenvalue weighted by atomic mass is 32.2. The zero-order valence-corrected chi connectivity index (χ0v) is 16.6. The molecule has 1 unspecified atom stereocenters. The maximum absolute atomic E-state index is 13.2. The second kappa shape index (κ2) is 7.00. The summed E-state index contributed by atoms with van der Waals surface area (Å²) >= 11 is 0. The van der Waals surface area contributed by atoms with Gasteiger partial charge in [-0.2, -0.15) is 0 Å². The van der Waals surface area contributed by atoms with Crippen LogP contribution in [-0.2, 0) is 35.6 Å². The van der Waals surface area contributed by atoms with Gasteiger partial charge in [-0.1, -0.05) is 23.8 Å². The van der Waals surface area contributed by atoms with E-state index in [1.807, 2.05) is 19.1 Å². The van der Waals surface area contributed by atoms with Crippen molar-refractivity contribution in [1.29, 1.82) is 0 Å². The predicted molar refractivity (Wildman–Crippen MR) is 109 cm³/mol. The summed E-state index contributed by atoms with van der Waals surface area (Å²) in [5, 5.41) is 3.02. The number of rotatable bonds is 3. The minimum atomic E-state index is -3.01. The third kappa shape index (κ3) is 3.34. The minimum absolute atomic E-state index is 0.458. The van der Waals surface area contributed by atoms with E-state index in [-0.39, 0.29) is 0 Å². The summed E-state index contributed by atoms with van der Waals surface area (Å²) in [6.07, 6.45) is 6.37. The molecule has 4 rings (SSSR count). The maximum atomic E-state index is 13.2. The fourth-order valence-corrected chi connectivity index (χ4v) is 5.39. The zero-order chi connectivity index (χ0) is 19.0. The molecule has 1 atom stereocenters. The van der Waals surface area contributed by atoms with Gasteiger partial charge in [0.25, 0.3) is 0 Å². The average molecular weight is 384 g/mol. The summed E-state index contributed by atoms with van der Waals surface area (Å²) in [7, 11) is -1.53. The van der Waals surface area contributed by atoms with Crippen LogP contribution in [0.15, 0.2) is 39.6 Å². The van der Waals surface area contributed by atoms with Gasteiger partial charge in [0.15, 0.2) is 9.92 Å². The fourth-order valence-electron chi connectivity index (χ4n) is 4.16. The number of amides is 2. The Morgan fingerprint density at radius 3 is 2.15 bits per heavy atom. The molecule has 0 fully saturated rings. The molecule has 2 amide bonds. The van der Waals surface area contributed by atoms with Crippen molar-refractivity contribution in [3.63, 3.8) is 0 Å². The van der Waals surface area contributed by atoms with Crippen molar-refractivity contribution in [3.8, 4) is 0 Å². The Hall–Kier alpha value is -2.34. The highest BCUT2D eigenvalue weighted by molar-refractivity contribution is 7.92. The molecule has 27 heavy (non-hydrogen) atoms. The van der Waals surface area contributed by atoms with Crippen LogP contribution in [0.4, 0.5) is 10.5 Å². The van der Waals surface area contributed by atoms with E-state index in [9.17, 15) is 9.00 Å². The Labute approximate surface area is 160 Å². The Kier molecular flexibility index (Phi) is 4.68. The average Bonchev–Trinajstić information content (AvgIpc) is 3.31. The molecule has 0 aliphatic heterocycles. The molecule has 142 valence electrons. The van der Waals surface area contributed by atoms with E-state index in [1.165, 1.54) is 29.3 Å². The lowest BCUT2D eigenvalue weighted by molar-refractivity contribution is 0.256. The smallest absolute Gasteiger partial charge is 0.307 e. The summed E-state index contributed by atoms with van der Waals surface area (Å²) in [5.41, 5.74) is 7.21. The summed E-state index contributed by atoms with van der Waals surface area (Å²) < 4.78 is 19.8. The third-order valence-corrected chi connectivity index (χ3v) is 7.43. The molecule has 2 aromatic rings. The topological polar surface area (TPSA) is 70.6 Å². The zero-order valence-electron chi connectivity index (χ0n) is 15.8. The first-order chi connectivity index (χ1) is 13.0. The van der Waals surface area contributed by atoms with Crippen molar-refractivity contribution >= 4 is 21.6 Å². The number of hydrogen-bond donors (Lipinski definition) is 2. The van der Waals surface area contributed by atoms with E-state index in [4.69, 9.17) is 0 Å². The van der Waals surface area contributed by atoms with E-state index < -0.39 is 15.9 Å². The second-order valence-corrected chi connectivity index (χ2v) is 9.40. The van der Waals surface area contributed by atoms with Gasteiger partial charge in [0, 0.05) is 12.7 Å². The first-order valence-electron chi connectivity index (χ1n) is 9.47. The van der Waals surface area contributed by atoms with Gasteiger partial charge in [-0.05, 0) is 79.8 Å². The van der Waals surface area contributed by atoms with Crippen molar-refractivity contribution in [1.82, 2.24) is 4.72 Å². The first-order valence-corrected chi connectivity index (χ1v) is 11.0. The van der Waals surface area contributed by atoms with Gasteiger partial charge >= 0.3 is 6.03 Å². The lowest BCUT2D eigenvalue weighted by Crippen LogP contribution is -2.34. The highest BCUT2D eigenvalue weighted by Gasteiger charge is 2.25. The van der Waals surface area contributed by atoms with Crippen molar-refractivity contribution in [2.75, 3.05) is 12.4 Å². The number of hydrogen-bond acceptors (Lipinski definition) is 3. The molecular formula is C21H25N3O2S. The molecule has 0 bridgehead atoms. The molecule has 2 aliphatic carbocycles. The van der Waals surface area contributed by atoms with Crippen LogP contribution < -0.4 is 10.0 Å². The Bertz CT molecular complexity index is 986. The van der Waals surface area contributed by atoms with Crippen molar-refractivity contribution in [2.45, 2.75) is 50.3 Å². The molecule has 0 radical (unpaired) electrons.